The molecule has 2 heterocycles. The van der Waals surface area contributed by atoms with Crippen LogP contribution in [-0.4, -0.2) is 0 Å². The zero-order valence-corrected chi connectivity index (χ0v) is 28.6. The molecule has 0 radical (unpaired) electrons. The van der Waals surface area contributed by atoms with Gasteiger partial charge in [-0.2, -0.15) is 0 Å². The number of hydrogen-bond donors (Lipinski definition) is 0. The zero-order chi connectivity index (χ0) is 33.1. The Morgan fingerprint density at radius 3 is 1.82 bits per heavy atom. The summed E-state index contributed by atoms with van der Waals surface area (Å²) in [5.41, 5.74) is 11.5. The molecular weight excluding hydrogens is 615 g/mol. The van der Waals surface area contributed by atoms with Gasteiger partial charge < -0.3 is 9.32 Å². The monoisotopic (exact) mass is 649 g/mol. The fourth-order valence-corrected chi connectivity index (χ4v) is 8.24. The summed E-state index contributed by atoms with van der Waals surface area (Å²) in [5, 5.41) is 4.89. The lowest BCUT2D eigenvalue weighted by molar-refractivity contribution is 0.591. The number of fused-ring (bicyclic) bond motifs is 6. The van der Waals surface area contributed by atoms with Gasteiger partial charge in [-0.05, 0) is 87.8 Å². The van der Waals surface area contributed by atoms with Crippen molar-refractivity contribution >= 4 is 70.5 Å². The van der Waals surface area contributed by atoms with Gasteiger partial charge in [-0.1, -0.05) is 124 Å². The molecule has 0 bridgehead atoms. The van der Waals surface area contributed by atoms with Crippen molar-refractivity contribution in [2.75, 3.05) is 4.90 Å². The van der Waals surface area contributed by atoms with Crippen LogP contribution in [0.1, 0.15) is 26.3 Å². The van der Waals surface area contributed by atoms with Gasteiger partial charge in [0.2, 0.25) is 0 Å². The number of benzene rings is 7. The molecule has 0 saturated heterocycles. The van der Waals surface area contributed by atoms with Crippen LogP contribution in [0.5, 0.6) is 0 Å². The topological polar surface area (TPSA) is 16.4 Å². The van der Waals surface area contributed by atoms with Crippen molar-refractivity contribution in [3.63, 3.8) is 0 Å². The average Bonchev–Trinajstić information content (AvgIpc) is 3.70. The van der Waals surface area contributed by atoms with Gasteiger partial charge in [0.15, 0.2) is 0 Å². The second-order valence-corrected chi connectivity index (χ2v) is 14.9. The van der Waals surface area contributed by atoms with Crippen molar-refractivity contribution in [1.82, 2.24) is 0 Å². The Bertz CT molecular complexity index is 2620. The first-order valence-corrected chi connectivity index (χ1v) is 17.7. The van der Waals surface area contributed by atoms with Crippen LogP contribution >= 0.6 is 11.3 Å². The molecule has 0 fully saturated rings. The van der Waals surface area contributed by atoms with E-state index in [1.54, 1.807) is 0 Å². The third-order valence-corrected chi connectivity index (χ3v) is 10.8. The zero-order valence-electron chi connectivity index (χ0n) is 27.8. The van der Waals surface area contributed by atoms with Gasteiger partial charge in [-0.15, -0.1) is 11.3 Å². The van der Waals surface area contributed by atoms with Gasteiger partial charge in [0, 0.05) is 37.6 Å². The first-order chi connectivity index (χ1) is 23.9. The molecule has 0 unspecified atom stereocenters. The summed E-state index contributed by atoms with van der Waals surface area (Å²) >= 11 is 1.89. The first kappa shape index (κ1) is 29.5. The Morgan fingerprint density at radius 2 is 1.08 bits per heavy atom. The summed E-state index contributed by atoms with van der Waals surface area (Å²) in [6.45, 7) is 6.85. The molecule has 0 aliphatic carbocycles. The third-order valence-electron chi connectivity index (χ3n) is 9.65. The highest BCUT2D eigenvalue weighted by Crippen LogP contribution is 2.46. The van der Waals surface area contributed by atoms with Crippen LogP contribution in [-0.2, 0) is 5.41 Å². The molecule has 0 amide bonds. The van der Waals surface area contributed by atoms with Crippen LogP contribution in [0, 0.1) is 0 Å². The fraction of sp³-hybridized carbons (Fsp3) is 0.0870. The maximum Gasteiger partial charge on any atom is 0.135 e. The Balaban J connectivity index is 1.18. The van der Waals surface area contributed by atoms with Crippen LogP contribution in [0.3, 0.4) is 0 Å². The molecule has 9 rings (SSSR count). The summed E-state index contributed by atoms with van der Waals surface area (Å²) in [6.07, 6.45) is 0. The highest BCUT2D eigenvalue weighted by molar-refractivity contribution is 7.26. The summed E-state index contributed by atoms with van der Waals surface area (Å²) in [6, 6.07) is 57.0. The lowest BCUT2D eigenvalue weighted by Gasteiger charge is -2.26. The Hall–Kier alpha value is -5.64. The number of rotatable bonds is 5. The highest BCUT2D eigenvalue weighted by atomic mass is 32.1. The number of para-hydroxylation sites is 1. The number of hydrogen-bond acceptors (Lipinski definition) is 3. The van der Waals surface area contributed by atoms with Gasteiger partial charge >= 0.3 is 0 Å². The molecule has 2 nitrogen and oxygen atoms in total. The smallest absolute Gasteiger partial charge is 0.135 e. The van der Waals surface area contributed by atoms with Crippen molar-refractivity contribution in [2.24, 2.45) is 0 Å². The van der Waals surface area contributed by atoms with Gasteiger partial charge in [-0.25, -0.2) is 0 Å². The Kier molecular flexibility index (Phi) is 6.93. The summed E-state index contributed by atoms with van der Waals surface area (Å²) in [4.78, 5) is 2.41. The molecule has 3 heteroatoms. The molecule has 2 aromatic heterocycles. The molecular formula is C46H35NOS. The number of anilines is 3. The molecule has 0 spiro atoms. The Morgan fingerprint density at radius 1 is 0.469 bits per heavy atom. The fourth-order valence-electron chi connectivity index (χ4n) is 7.00. The SMILES string of the molecule is CC(C)(C)c1ccc2c(c1)sc1c(N(c3ccc(-c4ccccc4)cc3)c3ccc(-c4ccc5oc6ccccc6c5c4)cc3)cccc12. The molecule has 9 aromatic rings. The van der Waals surface area contributed by atoms with E-state index >= 15 is 0 Å². The molecule has 49 heavy (non-hydrogen) atoms. The lowest BCUT2D eigenvalue weighted by atomic mass is 9.87. The van der Waals surface area contributed by atoms with Gasteiger partial charge in [0.1, 0.15) is 11.2 Å². The third kappa shape index (κ3) is 5.18. The van der Waals surface area contributed by atoms with E-state index in [-0.39, 0.29) is 5.41 Å². The van der Waals surface area contributed by atoms with E-state index in [0.29, 0.717) is 0 Å². The van der Waals surface area contributed by atoms with Crippen LogP contribution in [0.25, 0.3) is 64.4 Å². The minimum atomic E-state index is 0.0940. The molecule has 0 N–H and O–H groups in total. The summed E-state index contributed by atoms with van der Waals surface area (Å²) < 4.78 is 8.72. The van der Waals surface area contributed by atoms with Crippen LogP contribution in [0.2, 0.25) is 0 Å². The van der Waals surface area contributed by atoms with Crippen LogP contribution in [0.4, 0.5) is 17.1 Å². The lowest BCUT2D eigenvalue weighted by Crippen LogP contribution is -2.10. The summed E-state index contributed by atoms with van der Waals surface area (Å²) in [5.74, 6) is 0. The van der Waals surface area contributed by atoms with Gasteiger partial charge in [0.05, 0.1) is 10.4 Å². The number of thiophene rings is 1. The van der Waals surface area contributed by atoms with E-state index in [0.717, 1.165) is 33.3 Å². The molecule has 0 atom stereocenters. The average molecular weight is 650 g/mol. The predicted molar refractivity (Wildman–Crippen MR) is 211 cm³/mol. The molecule has 7 aromatic carbocycles. The second-order valence-electron chi connectivity index (χ2n) is 13.8. The normalized spacial score (nSPS) is 12.0. The molecule has 0 aliphatic rings. The maximum atomic E-state index is 6.10. The molecule has 0 aliphatic heterocycles. The van der Waals surface area contributed by atoms with Crippen molar-refractivity contribution in [2.45, 2.75) is 26.2 Å². The van der Waals surface area contributed by atoms with Gasteiger partial charge in [0.25, 0.3) is 0 Å². The van der Waals surface area contributed by atoms with E-state index < -0.39 is 0 Å². The van der Waals surface area contributed by atoms with E-state index in [2.05, 4.69) is 171 Å². The van der Waals surface area contributed by atoms with E-state index in [9.17, 15) is 0 Å². The largest absolute Gasteiger partial charge is 0.456 e. The number of furan rings is 1. The summed E-state index contributed by atoms with van der Waals surface area (Å²) in [7, 11) is 0. The minimum absolute atomic E-state index is 0.0940. The van der Waals surface area contributed by atoms with Crippen LogP contribution in [0.15, 0.2) is 162 Å². The van der Waals surface area contributed by atoms with Crippen molar-refractivity contribution in [1.29, 1.82) is 0 Å². The number of nitrogens with zero attached hydrogens (tertiary/aromatic N) is 1. The first-order valence-electron chi connectivity index (χ1n) is 16.8. The standard InChI is InChI=1S/C46H35NOS/c1-46(2,3)34-21-26-38-39-13-9-14-41(45(39)49-44(38)29-34)47(35-22-16-31(17-23-35)30-10-5-4-6-11-30)36-24-18-32(19-25-36)33-20-27-43-40(28-33)37-12-7-8-15-42(37)48-43/h4-29H,1-3H3. The van der Waals surface area contributed by atoms with Crippen molar-refractivity contribution < 1.29 is 4.42 Å². The Labute approximate surface area is 290 Å². The quantitative estimate of drug-likeness (QED) is 0.184. The van der Waals surface area contributed by atoms with Crippen LogP contribution < -0.4 is 4.90 Å². The predicted octanol–water partition coefficient (Wildman–Crippen LogP) is 14.1. The highest BCUT2D eigenvalue weighted by Gasteiger charge is 2.20. The minimum Gasteiger partial charge on any atom is -0.456 e. The van der Waals surface area contributed by atoms with Gasteiger partial charge in [-0.3, -0.25) is 0 Å². The molecule has 236 valence electrons. The van der Waals surface area contributed by atoms with E-state index in [1.807, 2.05) is 23.5 Å². The second kappa shape index (κ2) is 11.5. The van der Waals surface area contributed by atoms with E-state index in [4.69, 9.17) is 4.42 Å². The van der Waals surface area contributed by atoms with Crippen molar-refractivity contribution in [3.05, 3.63) is 163 Å². The van der Waals surface area contributed by atoms with E-state index in [1.165, 1.54) is 53.7 Å². The molecule has 0 saturated carbocycles. The maximum absolute atomic E-state index is 6.10. The van der Waals surface area contributed by atoms with Crippen molar-refractivity contribution in [3.8, 4) is 22.3 Å².